The van der Waals surface area contributed by atoms with Crippen molar-refractivity contribution < 1.29 is 14.0 Å². The van der Waals surface area contributed by atoms with E-state index >= 15 is 0 Å². The molecule has 0 aliphatic heterocycles. The van der Waals surface area contributed by atoms with Gasteiger partial charge in [-0.25, -0.2) is 14.4 Å². The van der Waals surface area contributed by atoms with Gasteiger partial charge in [0.25, 0.3) is 0 Å². The molecule has 0 aliphatic carbocycles. The molecule has 0 saturated heterocycles. The van der Waals surface area contributed by atoms with Crippen LogP contribution >= 0.6 is 0 Å². The summed E-state index contributed by atoms with van der Waals surface area (Å²) in [5, 5.41) is 27.2. The van der Waals surface area contributed by atoms with Crippen LogP contribution < -0.4 is 10.6 Å². The number of hydrogen-bond acceptors (Lipinski definition) is 8. The molecule has 0 atom stereocenters. The third kappa shape index (κ3) is 5.69. The van der Waals surface area contributed by atoms with Crippen LogP contribution in [0.25, 0.3) is 5.70 Å². The van der Waals surface area contributed by atoms with Crippen molar-refractivity contribution in [2.24, 2.45) is 0 Å². The molecule has 0 spiro atoms. The number of anilines is 1. The number of halogens is 1. The van der Waals surface area contributed by atoms with Crippen LogP contribution in [0.2, 0.25) is 0 Å². The monoisotopic (exact) mass is 396 g/mol. The van der Waals surface area contributed by atoms with E-state index in [0.717, 1.165) is 0 Å². The Hall–Kier alpha value is -3.59. The van der Waals surface area contributed by atoms with Crippen LogP contribution in [0.15, 0.2) is 59.6 Å². The SMILES string of the molecule is N=C(/C=C(\NCc1ccccc1F)c1ccon1)c1ncc(NCCCO)cn1. The standard InChI is InChI=1S/C20H21FN6O2/c21-16-5-2-1-4-14(16)11-24-19(18-6-9-29-27-18)10-17(22)20-25-12-15(13-26-20)23-7-3-8-28/h1-2,4-6,9-10,12-13,22-24,28H,3,7-8,11H2/b19-10-,22-17?. The zero-order chi connectivity index (χ0) is 20.5. The number of benzene rings is 1. The molecular formula is C20H21FN6O2. The molecule has 2 heterocycles. The van der Waals surface area contributed by atoms with Gasteiger partial charge in [0.15, 0.2) is 5.82 Å². The average Bonchev–Trinajstić information content (AvgIpc) is 3.27. The van der Waals surface area contributed by atoms with E-state index in [-0.39, 0.29) is 30.5 Å². The predicted molar refractivity (Wildman–Crippen MR) is 107 cm³/mol. The minimum absolute atomic E-state index is 0.0611. The quantitative estimate of drug-likeness (QED) is 0.307. The number of aliphatic hydroxyl groups is 1. The zero-order valence-electron chi connectivity index (χ0n) is 15.6. The summed E-state index contributed by atoms with van der Waals surface area (Å²) >= 11 is 0. The van der Waals surface area contributed by atoms with Gasteiger partial charge in [-0.1, -0.05) is 23.4 Å². The Morgan fingerprint density at radius 1 is 1.21 bits per heavy atom. The summed E-state index contributed by atoms with van der Waals surface area (Å²) < 4.78 is 18.8. The minimum Gasteiger partial charge on any atom is -0.396 e. The lowest BCUT2D eigenvalue weighted by atomic mass is 10.2. The lowest BCUT2D eigenvalue weighted by molar-refractivity contribution is 0.292. The molecule has 0 saturated carbocycles. The first-order chi connectivity index (χ1) is 14.2. The molecule has 4 N–H and O–H groups in total. The van der Waals surface area contributed by atoms with E-state index in [2.05, 4.69) is 25.8 Å². The molecule has 0 fully saturated rings. The molecule has 0 aliphatic rings. The van der Waals surface area contributed by atoms with E-state index in [1.165, 1.54) is 18.4 Å². The lowest BCUT2D eigenvalue weighted by Crippen LogP contribution is -2.15. The summed E-state index contributed by atoms with van der Waals surface area (Å²) in [6, 6.07) is 8.10. The normalized spacial score (nSPS) is 11.3. The van der Waals surface area contributed by atoms with Gasteiger partial charge in [-0.05, 0) is 18.6 Å². The Kier molecular flexibility index (Phi) is 7.01. The van der Waals surface area contributed by atoms with E-state index in [9.17, 15) is 4.39 Å². The van der Waals surface area contributed by atoms with Gasteiger partial charge < -0.3 is 20.3 Å². The van der Waals surface area contributed by atoms with E-state index in [1.54, 1.807) is 36.7 Å². The summed E-state index contributed by atoms with van der Waals surface area (Å²) in [6.45, 7) is 0.923. The second-order valence-corrected chi connectivity index (χ2v) is 6.10. The number of nitrogens with one attached hydrogen (secondary N) is 3. The molecule has 150 valence electrons. The second kappa shape index (κ2) is 10.1. The first-order valence-corrected chi connectivity index (χ1v) is 9.03. The van der Waals surface area contributed by atoms with Crippen molar-refractivity contribution in [3.05, 3.63) is 78.0 Å². The Labute approximate surface area is 167 Å². The molecule has 3 rings (SSSR count). The van der Waals surface area contributed by atoms with Gasteiger partial charge >= 0.3 is 0 Å². The van der Waals surface area contributed by atoms with Crippen LogP contribution in [0.4, 0.5) is 10.1 Å². The van der Waals surface area contributed by atoms with Crippen molar-refractivity contribution in [2.75, 3.05) is 18.5 Å². The van der Waals surface area contributed by atoms with Gasteiger partial charge in [0.2, 0.25) is 0 Å². The van der Waals surface area contributed by atoms with Crippen molar-refractivity contribution in [3.8, 4) is 0 Å². The number of aliphatic hydroxyl groups excluding tert-OH is 1. The van der Waals surface area contributed by atoms with Crippen molar-refractivity contribution >= 4 is 17.1 Å². The Morgan fingerprint density at radius 2 is 2.00 bits per heavy atom. The summed E-state index contributed by atoms with van der Waals surface area (Å²) in [5.41, 5.74) is 2.22. The Morgan fingerprint density at radius 3 is 2.69 bits per heavy atom. The fourth-order valence-corrected chi connectivity index (χ4v) is 2.48. The first kappa shape index (κ1) is 20.2. The van der Waals surface area contributed by atoms with Gasteiger partial charge in [0.05, 0.1) is 23.8 Å². The largest absolute Gasteiger partial charge is 0.396 e. The van der Waals surface area contributed by atoms with Gasteiger partial charge in [-0.2, -0.15) is 0 Å². The molecule has 0 unspecified atom stereocenters. The highest BCUT2D eigenvalue weighted by Gasteiger charge is 2.10. The first-order valence-electron chi connectivity index (χ1n) is 9.03. The second-order valence-electron chi connectivity index (χ2n) is 6.10. The van der Waals surface area contributed by atoms with Crippen LogP contribution in [0.5, 0.6) is 0 Å². The number of nitrogens with zero attached hydrogens (tertiary/aromatic N) is 3. The maximum Gasteiger partial charge on any atom is 0.177 e. The summed E-state index contributed by atoms with van der Waals surface area (Å²) in [7, 11) is 0. The number of allylic oxidation sites excluding steroid dienone is 1. The van der Waals surface area contributed by atoms with E-state index in [0.29, 0.717) is 35.6 Å². The van der Waals surface area contributed by atoms with Gasteiger partial charge in [0.1, 0.15) is 23.5 Å². The topological polar surface area (TPSA) is 120 Å². The molecule has 2 aromatic heterocycles. The average molecular weight is 396 g/mol. The van der Waals surface area contributed by atoms with Crippen LogP contribution in [0.1, 0.15) is 23.5 Å². The number of aromatic nitrogens is 3. The van der Waals surface area contributed by atoms with Crippen LogP contribution in [0.3, 0.4) is 0 Å². The zero-order valence-corrected chi connectivity index (χ0v) is 15.6. The Balaban J connectivity index is 1.73. The smallest absolute Gasteiger partial charge is 0.177 e. The van der Waals surface area contributed by atoms with Crippen molar-refractivity contribution in [1.82, 2.24) is 20.4 Å². The van der Waals surface area contributed by atoms with Gasteiger partial charge in [0, 0.05) is 31.3 Å². The highest BCUT2D eigenvalue weighted by atomic mass is 19.1. The summed E-state index contributed by atoms with van der Waals surface area (Å²) in [4.78, 5) is 8.37. The molecule has 8 nitrogen and oxygen atoms in total. The Bertz CT molecular complexity index is 957. The molecule has 29 heavy (non-hydrogen) atoms. The van der Waals surface area contributed by atoms with Gasteiger partial charge in [-0.3, -0.25) is 5.41 Å². The van der Waals surface area contributed by atoms with E-state index < -0.39 is 0 Å². The highest BCUT2D eigenvalue weighted by Crippen LogP contribution is 2.13. The molecule has 1 aromatic carbocycles. The summed E-state index contributed by atoms with van der Waals surface area (Å²) in [5.74, 6) is -0.0893. The van der Waals surface area contributed by atoms with Crippen LogP contribution in [0, 0.1) is 11.2 Å². The van der Waals surface area contributed by atoms with Crippen molar-refractivity contribution in [2.45, 2.75) is 13.0 Å². The lowest BCUT2D eigenvalue weighted by Gasteiger charge is -2.10. The fourth-order valence-electron chi connectivity index (χ4n) is 2.48. The molecule has 0 radical (unpaired) electrons. The predicted octanol–water partition coefficient (Wildman–Crippen LogP) is 2.60. The summed E-state index contributed by atoms with van der Waals surface area (Å²) in [6.07, 6.45) is 6.71. The fraction of sp³-hybridized carbons (Fsp3) is 0.200. The molecule has 0 amide bonds. The van der Waals surface area contributed by atoms with Crippen molar-refractivity contribution in [1.29, 1.82) is 5.41 Å². The van der Waals surface area contributed by atoms with E-state index in [4.69, 9.17) is 15.0 Å². The number of rotatable bonds is 10. The van der Waals surface area contributed by atoms with Crippen molar-refractivity contribution in [3.63, 3.8) is 0 Å². The van der Waals surface area contributed by atoms with Gasteiger partial charge in [-0.15, -0.1) is 0 Å². The van der Waals surface area contributed by atoms with Crippen LogP contribution in [-0.4, -0.2) is 39.1 Å². The third-order valence-electron chi connectivity index (χ3n) is 3.99. The molecule has 9 heteroatoms. The van der Waals surface area contributed by atoms with Crippen LogP contribution in [-0.2, 0) is 6.54 Å². The van der Waals surface area contributed by atoms with E-state index in [1.807, 2.05) is 0 Å². The maximum absolute atomic E-state index is 13.9. The maximum atomic E-state index is 13.9. The highest BCUT2D eigenvalue weighted by molar-refractivity contribution is 6.07. The third-order valence-corrected chi connectivity index (χ3v) is 3.99. The molecular weight excluding hydrogens is 375 g/mol. The molecule has 0 bridgehead atoms. The molecule has 3 aromatic rings. The minimum atomic E-state index is -0.317. The number of hydrogen-bond donors (Lipinski definition) is 4.